The molecule has 0 aromatic rings. The average Bonchev–Trinajstić information content (AvgIpc) is 2.18. The molecule has 2 fully saturated rings. The zero-order chi connectivity index (χ0) is 15.0. The van der Waals surface area contributed by atoms with Crippen LogP contribution in [0.4, 0.5) is 9.18 Å². The van der Waals surface area contributed by atoms with Crippen LogP contribution in [0.25, 0.3) is 10.4 Å². The maximum absolute atomic E-state index is 14.0. The van der Waals surface area contributed by atoms with Gasteiger partial charge in [-0.15, -0.1) is 0 Å². The summed E-state index contributed by atoms with van der Waals surface area (Å²) < 4.78 is 19.2. The summed E-state index contributed by atoms with van der Waals surface area (Å²) in [7, 11) is 0. The number of alkyl carbamates (subject to hydrolysis) is 1. The second-order valence-corrected chi connectivity index (χ2v) is 7.14. The van der Waals surface area contributed by atoms with Gasteiger partial charge in [0.2, 0.25) is 0 Å². The van der Waals surface area contributed by atoms with Gasteiger partial charge in [-0.25, -0.2) is 9.18 Å². The Morgan fingerprint density at radius 2 is 2.10 bits per heavy atom. The lowest BCUT2D eigenvalue weighted by Crippen LogP contribution is -2.62. The van der Waals surface area contributed by atoms with E-state index < -0.39 is 17.4 Å². The third-order valence-electron chi connectivity index (χ3n) is 3.88. The van der Waals surface area contributed by atoms with Crippen LogP contribution in [0, 0.1) is 5.41 Å². The van der Waals surface area contributed by atoms with E-state index in [4.69, 9.17) is 10.3 Å². The van der Waals surface area contributed by atoms with Gasteiger partial charge in [0.1, 0.15) is 11.3 Å². The molecule has 2 aliphatic rings. The summed E-state index contributed by atoms with van der Waals surface area (Å²) in [6.07, 6.45) is 1.97. The van der Waals surface area contributed by atoms with Crippen molar-refractivity contribution in [2.45, 2.75) is 63.8 Å². The summed E-state index contributed by atoms with van der Waals surface area (Å²) >= 11 is 0. The maximum atomic E-state index is 14.0. The molecular weight excluding hydrogens is 263 g/mol. The molecule has 0 aromatic heterocycles. The quantitative estimate of drug-likeness (QED) is 0.488. The first-order valence-electron chi connectivity index (χ1n) is 6.85. The fraction of sp³-hybridized carbons (Fsp3) is 0.923. The molecule has 0 bridgehead atoms. The lowest BCUT2D eigenvalue weighted by Gasteiger charge is -2.60. The Labute approximate surface area is 117 Å². The van der Waals surface area contributed by atoms with Gasteiger partial charge in [0.05, 0.1) is 6.54 Å². The van der Waals surface area contributed by atoms with Crippen LogP contribution >= 0.6 is 0 Å². The van der Waals surface area contributed by atoms with Crippen molar-refractivity contribution in [1.82, 2.24) is 5.32 Å². The van der Waals surface area contributed by atoms with Crippen LogP contribution in [-0.2, 0) is 4.74 Å². The Morgan fingerprint density at radius 3 is 2.60 bits per heavy atom. The number of azide groups is 1. The van der Waals surface area contributed by atoms with E-state index in [-0.39, 0.29) is 18.0 Å². The summed E-state index contributed by atoms with van der Waals surface area (Å²) in [4.78, 5) is 14.2. The van der Waals surface area contributed by atoms with E-state index in [2.05, 4.69) is 15.3 Å². The van der Waals surface area contributed by atoms with Crippen molar-refractivity contribution in [3.8, 4) is 0 Å². The molecule has 2 aliphatic carbocycles. The number of halogens is 1. The lowest BCUT2D eigenvalue weighted by molar-refractivity contribution is -0.121. The standard InChI is InChI=1S/C13H21FN4O2/c1-11(2,3)20-10(19)17-9-4-12(5-9)6-13(14,7-12)8-16-18-15/h9H,4-8H2,1-3H3,(H,17,19). The topological polar surface area (TPSA) is 87.1 Å². The number of nitrogens with zero attached hydrogens (tertiary/aromatic N) is 3. The molecule has 2 rings (SSSR count). The monoisotopic (exact) mass is 284 g/mol. The first-order valence-corrected chi connectivity index (χ1v) is 6.85. The first kappa shape index (κ1) is 14.9. The van der Waals surface area contributed by atoms with Crippen LogP contribution in [-0.4, -0.2) is 29.9 Å². The van der Waals surface area contributed by atoms with Crippen LogP contribution < -0.4 is 5.32 Å². The molecule has 7 heteroatoms. The van der Waals surface area contributed by atoms with E-state index in [9.17, 15) is 9.18 Å². The number of carbonyl (C=O) groups excluding carboxylic acids is 1. The molecule has 0 radical (unpaired) electrons. The molecule has 1 amide bonds. The summed E-state index contributed by atoms with van der Waals surface area (Å²) in [5.41, 5.74) is 6.35. The van der Waals surface area contributed by atoms with Crippen LogP contribution in [0.5, 0.6) is 0 Å². The molecule has 6 nitrogen and oxygen atoms in total. The highest BCUT2D eigenvalue weighted by molar-refractivity contribution is 5.68. The Kier molecular flexibility index (Phi) is 3.58. The van der Waals surface area contributed by atoms with Crippen molar-refractivity contribution in [2.75, 3.05) is 6.54 Å². The average molecular weight is 284 g/mol. The molecule has 0 heterocycles. The normalized spacial score (nSPS) is 35.5. The Morgan fingerprint density at radius 1 is 1.50 bits per heavy atom. The number of carbonyl (C=O) groups is 1. The predicted molar refractivity (Wildman–Crippen MR) is 71.9 cm³/mol. The zero-order valence-electron chi connectivity index (χ0n) is 12.1. The summed E-state index contributed by atoms with van der Waals surface area (Å²) in [6.45, 7) is 5.35. The third kappa shape index (κ3) is 3.33. The highest BCUT2D eigenvalue weighted by Gasteiger charge is 2.60. The lowest BCUT2D eigenvalue weighted by atomic mass is 9.49. The van der Waals surface area contributed by atoms with E-state index in [1.54, 1.807) is 0 Å². The van der Waals surface area contributed by atoms with Gasteiger partial charge in [0.15, 0.2) is 0 Å². The minimum Gasteiger partial charge on any atom is -0.444 e. The molecule has 0 aliphatic heterocycles. The molecule has 2 saturated carbocycles. The van der Waals surface area contributed by atoms with Gasteiger partial charge in [-0.05, 0) is 57.4 Å². The van der Waals surface area contributed by atoms with E-state index in [0.29, 0.717) is 12.8 Å². The van der Waals surface area contributed by atoms with Crippen molar-refractivity contribution in [3.63, 3.8) is 0 Å². The molecule has 0 aromatic carbocycles. The van der Waals surface area contributed by atoms with Crippen LogP contribution in [0.2, 0.25) is 0 Å². The van der Waals surface area contributed by atoms with Crippen molar-refractivity contribution in [2.24, 2.45) is 10.5 Å². The Bertz CT molecular complexity index is 440. The van der Waals surface area contributed by atoms with Gasteiger partial charge in [-0.2, -0.15) is 0 Å². The fourth-order valence-corrected chi connectivity index (χ4v) is 3.41. The second kappa shape index (κ2) is 4.81. The number of rotatable bonds is 3. The van der Waals surface area contributed by atoms with Gasteiger partial charge < -0.3 is 10.1 Å². The van der Waals surface area contributed by atoms with E-state index in [1.807, 2.05) is 20.8 Å². The van der Waals surface area contributed by atoms with Gasteiger partial charge in [-0.1, -0.05) is 5.11 Å². The Balaban J connectivity index is 1.71. The van der Waals surface area contributed by atoms with Crippen molar-refractivity contribution >= 4 is 6.09 Å². The van der Waals surface area contributed by atoms with Crippen molar-refractivity contribution in [1.29, 1.82) is 0 Å². The van der Waals surface area contributed by atoms with Gasteiger partial charge >= 0.3 is 6.09 Å². The highest BCUT2D eigenvalue weighted by Crippen LogP contribution is 2.62. The highest BCUT2D eigenvalue weighted by atomic mass is 19.1. The number of hydrogen-bond donors (Lipinski definition) is 1. The van der Waals surface area contributed by atoms with E-state index in [0.717, 1.165) is 12.8 Å². The molecule has 0 saturated heterocycles. The number of hydrogen-bond acceptors (Lipinski definition) is 3. The number of alkyl halides is 1. The minimum absolute atomic E-state index is 0.0145. The second-order valence-electron chi connectivity index (χ2n) is 7.14. The molecule has 0 atom stereocenters. The summed E-state index contributed by atoms with van der Waals surface area (Å²) in [5.74, 6) is 0. The van der Waals surface area contributed by atoms with Crippen molar-refractivity contribution in [3.05, 3.63) is 10.4 Å². The first-order chi connectivity index (χ1) is 9.15. The van der Waals surface area contributed by atoms with Crippen LogP contribution in [0.1, 0.15) is 46.5 Å². The predicted octanol–water partition coefficient (Wildman–Crippen LogP) is 3.47. The van der Waals surface area contributed by atoms with E-state index >= 15 is 0 Å². The van der Waals surface area contributed by atoms with Crippen LogP contribution in [0.15, 0.2) is 5.11 Å². The molecule has 112 valence electrons. The van der Waals surface area contributed by atoms with Crippen molar-refractivity contribution < 1.29 is 13.9 Å². The summed E-state index contributed by atoms with van der Waals surface area (Å²) in [5, 5.41) is 6.11. The maximum Gasteiger partial charge on any atom is 0.407 e. The minimum atomic E-state index is -1.34. The number of nitrogens with one attached hydrogen (secondary N) is 1. The molecule has 0 unspecified atom stereocenters. The molecule has 1 spiro atoms. The Hall–Kier alpha value is -1.49. The third-order valence-corrected chi connectivity index (χ3v) is 3.88. The largest absolute Gasteiger partial charge is 0.444 e. The zero-order valence-corrected chi connectivity index (χ0v) is 12.1. The molecular formula is C13H21FN4O2. The summed E-state index contributed by atoms with van der Waals surface area (Å²) in [6, 6.07) is 0.0638. The van der Waals surface area contributed by atoms with Crippen LogP contribution in [0.3, 0.4) is 0 Å². The van der Waals surface area contributed by atoms with E-state index in [1.165, 1.54) is 0 Å². The molecule has 1 N–H and O–H groups in total. The number of ether oxygens (including phenoxy) is 1. The van der Waals surface area contributed by atoms with Gasteiger partial charge in [0.25, 0.3) is 0 Å². The van der Waals surface area contributed by atoms with Gasteiger partial charge in [0, 0.05) is 11.0 Å². The molecule has 20 heavy (non-hydrogen) atoms. The smallest absolute Gasteiger partial charge is 0.407 e. The van der Waals surface area contributed by atoms with Gasteiger partial charge in [-0.3, -0.25) is 0 Å². The SMILES string of the molecule is CC(C)(C)OC(=O)NC1CC2(C1)CC(F)(CN=[N+]=[N-])C2. The fourth-order valence-electron chi connectivity index (χ4n) is 3.41. The number of amides is 1.